The van der Waals surface area contributed by atoms with E-state index in [2.05, 4.69) is 10.3 Å². The predicted molar refractivity (Wildman–Crippen MR) is 72.6 cm³/mol. The Hall–Kier alpha value is -1.18. The highest BCUT2D eigenvalue weighted by Gasteiger charge is 2.31. The van der Waals surface area contributed by atoms with Crippen molar-refractivity contribution in [3.05, 3.63) is 18.3 Å². The van der Waals surface area contributed by atoms with Crippen molar-refractivity contribution in [1.29, 1.82) is 0 Å². The van der Waals surface area contributed by atoms with Crippen LogP contribution >= 0.6 is 0 Å². The fraction of sp³-hybridized carbons (Fsp3) is 0.583. The lowest BCUT2D eigenvalue weighted by Gasteiger charge is -2.32. The zero-order valence-electron chi connectivity index (χ0n) is 11.2. The number of nitrogens with one attached hydrogen (secondary N) is 1. The standard InChI is InChI=1S/C12H19N3O3S/c1-3-13-12-8-11(4-5-14-12)19(16,17)15-6-7-18-9-10(15)2/h4-5,8,10H,3,6-7,9H2,1-2H3,(H,13,14). The largest absolute Gasteiger partial charge is 0.378 e. The van der Waals surface area contributed by atoms with Crippen molar-refractivity contribution in [1.82, 2.24) is 9.29 Å². The monoisotopic (exact) mass is 285 g/mol. The number of rotatable bonds is 4. The summed E-state index contributed by atoms with van der Waals surface area (Å²) in [7, 11) is -3.48. The number of pyridine rings is 1. The van der Waals surface area contributed by atoms with Gasteiger partial charge in [0.15, 0.2) is 0 Å². The van der Waals surface area contributed by atoms with Gasteiger partial charge in [0.05, 0.1) is 18.1 Å². The molecule has 0 aliphatic carbocycles. The van der Waals surface area contributed by atoms with E-state index < -0.39 is 10.0 Å². The van der Waals surface area contributed by atoms with Crippen LogP contribution in [0.15, 0.2) is 23.2 Å². The van der Waals surface area contributed by atoms with E-state index >= 15 is 0 Å². The number of ether oxygens (including phenoxy) is 1. The number of hydrogen-bond acceptors (Lipinski definition) is 5. The first-order valence-electron chi connectivity index (χ1n) is 6.35. The molecule has 0 aromatic carbocycles. The molecule has 2 heterocycles. The highest BCUT2D eigenvalue weighted by atomic mass is 32.2. The molecule has 2 rings (SSSR count). The van der Waals surface area contributed by atoms with E-state index in [0.717, 1.165) is 0 Å². The lowest BCUT2D eigenvalue weighted by Crippen LogP contribution is -2.46. The molecule has 6 nitrogen and oxygen atoms in total. The van der Waals surface area contributed by atoms with Gasteiger partial charge in [-0.05, 0) is 19.9 Å². The Balaban J connectivity index is 2.30. The third-order valence-electron chi connectivity index (χ3n) is 3.00. The predicted octanol–water partition coefficient (Wildman–Crippen LogP) is 0.923. The van der Waals surface area contributed by atoms with E-state index in [9.17, 15) is 8.42 Å². The van der Waals surface area contributed by atoms with Gasteiger partial charge < -0.3 is 10.1 Å². The molecule has 0 radical (unpaired) electrons. The van der Waals surface area contributed by atoms with Crippen LogP contribution in [0, 0.1) is 0 Å². The first-order valence-corrected chi connectivity index (χ1v) is 7.79. The van der Waals surface area contributed by atoms with Gasteiger partial charge >= 0.3 is 0 Å². The quantitative estimate of drug-likeness (QED) is 0.891. The molecule has 1 aromatic heterocycles. The minimum atomic E-state index is -3.48. The Morgan fingerprint density at radius 1 is 1.58 bits per heavy atom. The molecule has 1 atom stereocenters. The van der Waals surface area contributed by atoms with E-state index in [4.69, 9.17) is 4.74 Å². The van der Waals surface area contributed by atoms with Crippen LogP contribution in [0.3, 0.4) is 0 Å². The number of hydrogen-bond donors (Lipinski definition) is 1. The van der Waals surface area contributed by atoms with Gasteiger partial charge in [-0.1, -0.05) is 0 Å². The number of morpholine rings is 1. The normalized spacial score (nSPS) is 21.3. The van der Waals surface area contributed by atoms with Crippen LogP contribution in [0.25, 0.3) is 0 Å². The number of sulfonamides is 1. The second-order valence-electron chi connectivity index (χ2n) is 4.45. The van der Waals surface area contributed by atoms with Crippen LogP contribution in [-0.2, 0) is 14.8 Å². The first kappa shape index (κ1) is 14.2. The van der Waals surface area contributed by atoms with Crippen molar-refractivity contribution in [3.63, 3.8) is 0 Å². The molecule has 1 unspecified atom stereocenters. The summed E-state index contributed by atoms with van der Waals surface area (Å²) in [6.45, 7) is 5.75. The molecule has 19 heavy (non-hydrogen) atoms. The minimum absolute atomic E-state index is 0.144. The summed E-state index contributed by atoms with van der Waals surface area (Å²) in [5.74, 6) is 0.574. The van der Waals surface area contributed by atoms with E-state index in [1.54, 1.807) is 6.07 Å². The molecule has 1 N–H and O–H groups in total. The van der Waals surface area contributed by atoms with Gasteiger partial charge in [0.25, 0.3) is 0 Å². The van der Waals surface area contributed by atoms with Crippen LogP contribution in [0.2, 0.25) is 0 Å². The molecule has 0 amide bonds. The maximum absolute atomic E-state index is 12.6. The Morgan fingerprint density at radius 2 is 2.37 bits per heavy atom. The number of aromatic nitrogens is 1. The van der Waals surface area contributed by atoms with Crippen molar-refractivity contribution >= 4 is 15.8 Å². The summed E-state index contributed by atoms with van der Waals surface area (Å²) < 4.78 is 31.9. The van der Waals surface area contributed by atoms with Gasteiger partial charge in [0.2, 0.25) is 10.0 Å². The lowest BCUT2D eigenvalue weighted by atomic mass is 10.3. The number of nitrogens with zero attached hydrogens (tertiary/aromatic N) is 2. The first-order chi connectivity index (χ1) is 9.05. The van der Waals surface area contributed by atoms with Crippen LogP contribution < -0.4 is 5.32 Å². The zero-order valence-corrected chi connectivity index (χ0v) is 12.0. The maximum Gasteiger partial charge on any atom is 0.243 e. The highest BCUT2D eigenvalue weighted by Crippen LogP contribution is 2.21. The van der Waals surface area contributed by atoms with Crippen molar-refractivity contribution in [3.8, 4) is 0 Å². The third kappa shape index (κ3) is 3.05. The molecule has 7 heteroatoms. The zero-order chi connectivity index (χ0) is 13.9. The van der Waals surface area contributed by atoms with Crippen LogP contribution in [0.1, 0.15) is 13.8 Å². The average molecular weight is 285 g/mol. The fourth-order valence-electron chi connectivity index (χ4n) is 2.05. The second-order valence-corrected chi connectivity index (χ2v) is 6.34. The Labute approximate surface area is 113 Å². The molecule has 1 aromatic rings. The van der Waals surface area contributed by atoms with Crippen LogP contribution in [0.5, 0.6) is 0 Å². The fourth-order valence-corrected chi connectivity index (χ4v) is 3.67. The molecule has 106 valence electrons. The lowest BCUT2D eigenvalue weighted by molar-refractivity contribution is 0.0393. The van der Waals surface area contributed by atoms with Gasteiger partial charge in [-0.15, -0.1) is 0 Å². The van der Waals surface area contributed by atoms with E-state index in [1.807, 2.05) is 13.8 Å². The summed E-state index contributed by atoms with van der Waals surface area (Å²) in [5.41, 5.74) is 0. The topological polar surface area (TPSA) is 71.5 Å². The minimum Gasteiger partial charge on any atom is -0.378 e. The summed E-state index contributed by atoms with van der Waals surface area (Å²) in [4.78, 5) is 4.36. The van der Waals surface area contributed by atoms with E-state index in [0.29, 0.717) is 32.1 Å². The van der Waals surface area contributed by atoms with Gasteiger partial charge in [-0.25, -0.2) is 13.4 Å². The Kier molecular flexibility index (Phi) is 4.38. The van der Waals surface area contributed by atoms with Crippen molar-refractivity contribution in [2.45, 2.75) is 24.8 Å². The van der Waals surface area contributed by atoms with Crippen LogP contribution in [0.4, 0.5) is 5.82 Å². The van der Waals surface area contributed by atoms with Crippen molar-refractivity contribution < 1.29 is 13.2 Å². The summed E-state index contributed by atoms with van der Waals surface area (Å²) in [6.07, 6.45) is 1.51. The molecule has 0 saturated carbocycles. The molecular weight excluding hydrogens is 266 g/mol. The molecule has 1 saturated heterocycles. The third-order valence-corrected chi connectivity index (χ3v) is 5.01. The summed E-state index contributed by atoms with van der Waals surface area (Å²) >= 11 is 0. The summed E-state index contributed by atoms with van der Waals surface area (Å²) in [6, 6.07) is 2.95. The second kappa shape index (κ2) is 5.85. The van der Waals surface area contributed by atoms with Crippen LogP contribution in [-0.4, -0.2) is 50.1 Å². The van der Waals surface area contributed by atoms with Gasteiger partial charge in [-0.2, -0.15) is 4.31 Å². The Bertz CT molecular complexity index is 533. The highest BCUT2D eigenvalue weighted by molar-refractivity contribution is 7.89. The molecule has 1 fully saturated rings. The smallest absolute Gasteiger partial charge is 0.243 e. The maximum atomic E-state index is 12.6. The van der Waals surface area contributed by atoms with E-state index in [1.165, 1.54) is 16.6 Å². The molecular formula is C12H19N3O3S. The average Bonchev–Trinajstić information content (AvgIpc) is 2.40. The molecule has 1 aliphatic rings. The van der Waals surface area contributed by atoms with E-state index in [-0.39, 0.29) is 10.9 Å². The van der Waals surface area contributed by atoms with Crippen molar-refractivity contribution in [2.24, 2.45) is 0 Å². The Morgan fingerprint density at radius 3 is 3.05 bits per heavy atom. The SMILES string of the molecule is CCNc1cc(S(=O)(=O)N2CCOCC2C)ccn1. The van der Waals surface area contributed by atoms with Crippen molar-refractivity contribution in [2.75, 3.05) is 31.6 Å². The van der Waals surface area contributed by atoms with Gasteiger partial charge in [0.1, 0.15) is 5.82 Å². The number of anilines is 1. The van der Waals surface area contributed by atoms with Gasteiger partial charge in [-0.3, -0.25) is 0 Å². The van der Waals surface area contributed by atoms with Gasteiger partial charge in [0, 0.05) is 31.4 Å². The molecule has 0 bridgehead atoms. The molecule has 1 aliphatic heterocycles. The summed E-state index contributed by atoms with van der Waals surface area (Å²) in [5, 5.41) is 3.02. The molecule has 0 spiro atoms.